The number of aromatic nitrogens is 3. The molecule has 0 radical (unpaired) electrons. The Kier molecular flexibility index (Phi) is 3.50. The maximum atomic E-state index is 12.1. The molecule has 1 aliphatic rings. The fraction of sp³-hybridized carbons (Fsp3) is 0.500. The van der Waals surface area contributed by atoms with Crippen molar-refractivity contribution in [3.63, 3.8) is 0 Å². The van der Waals surface area contributed by atoms with Crippen molar-refractivity contribution in [2.45, 2.75) is 13.5 Å². The molecular formula is C14H18N4O3. The van der Waals surface area contributed by atoms with E-state index in [0.717, 1.165) is 13.1 Å². The van der Waals surface area contributed by atoms with Crippen molar-refractivity contribution in [3.05, 3.63) is 34.9 Å². The van der Waals surface area contributed by atoms with E-state index in [-0.39, 0.29) is 17.5 Å². The van der Waals surface area contributed by atoms with Gasteiger partial charge in [-0.1, -0.05) is 13.0 Å². The SMILES string of the molecule is CC(C(=O)O)C1CN(CCn2nc3ccccn3c2=O)C1. The van der Waals surface area contributed by atoms with E-state index in [1.54, 1.807) is 25.3 Å². The molecule has 1 unspecified atom stereocenters. The fourth-order valence-electron chi connectivity index (χ4n) is 2.66. The van der Waals surface area contributed by atoms with Crippen LogP contribution >= 0.6 is 0 Å². The molecule has 1 N–H and O–H groups in total. The van der Waals surface area contributed by atoms with Gasteiger partial charge in [-0.05, 0) is 18.1 Å². The Bertz CT molecular complexity index is 714. The molecule has 112 valence electrons. The lowest BCUT2D eigenvalue weighted by atomic mass is 9.87. The maximum absolute atomic E-state index is 12.1. The molecule has 0 amide bonds. The number of likely N-dealkylation sites (tertiary alicyclic amines) is 1. The van der Waals surface area contributed by atoms with Gasteiger partial charge in [0.1, 0.15) is 0 Å². The first-order chi connectivity index (χ1) is 10.1. The molecule has 2 aromatic rings. The van der Waals surface area contributed by atoms with E-state index in [1.807, 2.05) is 6.07 Å². The number of rotatable bonds is 5. The van der Waals surface area contributed by atoms with E-state index in [4.69, 9.17) is 5.11 Å². The number of carbonyl (C=O) groups is 1. The summed E-state index contributed by atoms with van der Waals surface area (Å²) in [6.07, 6.45) is 1.70. The van der Waals surface area contributed by atoms with E-state index in [2.05, 4.69) is 10.00 Å². The Morgan fingerprint density at radius 2 is 2.19 bits per heavy atom. The number of hydrogen-bond donors (Lipinski definition) is 1. The van der Waals surface area contributed by atoms with Gasteiger partial charge >= 0.3 is 11.7 Å². The van der Waals surface area contributed by atoms with Crippen LogP contribution in [0.4, 0.5) is 0 Å². The zero-order valence-corrected chi connectivity index (χ0v) is 11.8. The third-order valence-electron chi connectivity index (χ3n) is 4.20. The zero-order chi connectivity index (χ0) is 15.0. The second-order valence-electron chi connectivity index (χ2n) is 5.58. The number of fused-ring (bicyclic) bond motifs is 1. The molecule has 7 nitrogen and oxygen atoms in total. The predicted octanol–water partition coefficient (Wildman–Crippen LogP) is 0.148. The van der Waals surface area contributed by atoms with Gasteiger partial charge in [-0.25, -0.2) is 9.48 Å². The topological polar surface area (TPSA) is 79.8 Å². The minimum atomic E-state index is -0.740. The zero-order valence-electron chi connectivity index (χ0n) is 11.8. The van der Waals surface area contributed by atoms with Crippen LogP contribution in [-0.4, -0.2) is 49.8 Å². The van der Waals surface area contributed by atoms with E-state index >= 15 is 0 Å². The molecule has 1 fully saturated rings. The molecule has 1 aliphatic heterocycles. The summed E-state index contributed by atoms with van der Waals surface area (Å²) in [5.74, 6) is -0.837. The van der Waals surface area contributed by atoms with Crippen molar-refractivity contribution in [1.29, 1.82) is 0 Å². The normalized spacial score (nSPS) is 17.8. The van der Waals surface area contributed by atoms with Gasteiger partial charge in [-0.15, -0.1) is 5.10 Å². The highest BCUT2D eigenvalue weighted by molar-refractivity contribution is 5.70. The van der Waals surface area contributed by atoms with Gasteiger partial charge in [0, 0.05) is 25.8 Å². The highest BCUT2D eigenvalue weighted by Crippen LogP contribution is 2.23. The molecule has 1 saturated heterocycles. The van der Waals surface area contributed by atoms with Gasteiger partial charge in [0.25, 0.3) is 0 Å². The molecule has 3 heterocycles. The Balaban J connectivity index is 1.58. The molecule has 1 atom stereocenters. The molecule has 21 heavy (non-hydrogen) atoms. The highest BCUT2D eigenvalue weighted by atomic mass is 16.4. The summed E-state index contributed by atoms with van der Waals surface area (Å²) in [5, 5.41) is 13.2. The van der Waals surface area contributed by atoms with E-state index in [9.17, 15) is 9.59 Å². The van der Waals surface area contributed by atoms with E-state index in [0.29, 0.717) is 18.7 Å². The van der Waals surface area contributed by atoms with Crippen LogP contribution in [0.25, 0.3) is 5.65 Å². The molecule has 0 saturated carbocycles. The molecule has 0 bridgehead atoms. The summed E-state index contributed by atoms with van der Waals surface area (Å²) < 4.78 is 2.98. The van der Waals surface area contributed by atoms with Crippen LogP contribution < -0.4 is 5.69 Å². The van der Waals surface area contributed by atoms with Crippen molar-refractivity contribution < 1.29 is 9.90 Å². The smallest absolute Gasteiger partial charge is 0.350 e. The molecule has 0 spiro atoms. The lowest BCUT2D eigenvalue weighted by Gasteiger charge is -2.41. The first kappa shape index (κ1) is 13.8. The second kappa shape index (κ2) is 5.33. The minimum Gasteiger partial charge on any atom is -0.481 e. The van der Waals surface area contributed by atoms with Crippen LogP contribution in [0.3, 0.4) is 0 Å². The Labute approximate surface area is 121 Å². The molecule has 3 rings (SSSR count). The van der Waals surface area contributed by atoms with Gasteiger partial charge in [0.05, 0.1) is 12.5 Å². The summed E-state index contributed by atoms with van der Waals surface area (Å²) in [6.45, 7) is 4.53. The van der Waals surface area contributed by atoms with Crippen LogP contribution in [0.5, 0.6) is 0 Å². The second-order valence-corrected chi connectivity index (χ2v) is 5.58. The van der Waals surface area contributed by atoms with Gasteiger partial charge < -0.3 is 10.0 Å². The average Bonchev–Trinajstić information content (AvgIpc) is 2.74. The summed E-state index contributed by atoms with van der Waals surface area (Å²) >= 11 is 0. The van der Waals surface area contributed by atoms with Crippen molar-refractivity contribution >= 4 is 11.6 Å². The number of hydrogen-bond acceptors (Lipinski definition) is 4. The van der Waals surface area contributed by atoms with Crippen LogP contribution in [0, 0.1) is 11.8 Å². The van der Waals surface area contributed by atoms with Crippen molar-refractivity contribution in [2.24, 2.45) is 11.8 Å². The van der Waals surface area contributed by atoms with Crippen LogP contribution in [0.1, 0.15) is 6.92 Å². The van der Waals surface area contributed by atoms with Crippen molar-refractivity contribution in [1.82, 2.24) is 19.1 Å². The average molecular weight is 290 g/mol. The standard InChI is InChI=1S/C14H18N4O3/c1-10(13(19)20)11-8-16(9-11)6-7-18-14(21)17-5-3-2-4-12(17)15-18/h2-5,10-11H,6-9H2,1H3,(H,19,20). The molecule has 2 aromatic heterocycles. The Hall–Kier alpha value is -2.15. The summed E-state index contributed by atoms with van der Waals surface area (Å²) in [7, 11) is 0. The first-order valence-electron chi connectivity index (χ1n) is 7.05. The number of pyridine rings is 1. The maximum Gasteiger partial charge on any atom is 0.350 e. The lowest BCUT2D eigenvalue weighted by Crippen LogP contribution is -2.52. The van der Waals surface area contributed by atoms with E-state index < -0.39 is 5.97 Å². The summed E-state index contributed by atoms with van der Waals surface area (Å²) in [5.41, 5.74) is 0.505. The van der Waals surface area contributed by atoms with Crippen LogP contribution in [0.15, 0.2) is 29.2 Å². The third kappa shape index (κ3) is 2.56. The van der Waals surface area contributed by atoms with Crippen molar-refractivity contribution in [3.8, 4) is 0 Å². The number of carboxylic acids is 1. The summed E-state index contributed by atoms with van der Waals surface area (Å²) in [6, 6.07) is 5.44. The van der Waals surface area contributed by atoms with Gasteiger partial charge in [0.15, 0.2) is 5.65 Å². The quantitative estimate of drug-likeness (QED) is 0.848. The van der Waals surface area contributed by atoms with Crippen LogP contribution in [0.2, 0.25) is 0 Å². The first-order valence-corrected chi connectivity index (χ1v) is 7.05. The fourth-order valence-corrected chi connectivity index (χ4v) is 2.66. The molecular weight excluding hydrogens is 272 g/mol. The molecule has 0 aliphatic carbocycles. The van der Waals surface area contributed by atoms with Gasteiger partial charge in [-0.3, -0.25) is 9.20 Å². The largest absolute Gasteiger partial charge is 0.481 e. The summed E-state index contributed by atoms with van der Waals surface area (Å²) in [4.78, 5) is 25.1. The Morgan fingerprint density at radius 3 is 2.86 bits per heavy atom. The Morgan fingerprint density at radius 1 is 1.43 bits per heavy atom. The van der Waals surface area contributed by atoms with Gasteiger partial charge in [0.2, 0.25) is 0 Å². The van der Waals surface area contributed by atoms with Crippen molar-refractivity contribution in [2.75, 3.05) is 19.6 Å². The number of aliphatic carboxylic acids is 1. The third-order valence-corrected chi connectivity index (χ3v) is 4.20. The minimum absolute atomic E-state index is 0.137. The highest BCUT2D eigenvalue weighted by Gasteiger charge is 2.34. The number of nitrogens with zero attached hydrogens (tertiary/aromatic N) is 4. The monoisotopic (exact) mass is 290 g/mol. The number of carboxylic acid groups (broad SMARTS) is 1. The molecule has 0 aromatic carbocycles. The van der Waals surface area contributed by atoms with E-state index in [1.165, 1.54) is 9.08 Å². The van der Waals surface area contributed by atoms with Gasteiger partial charge in [-0.2, -0.15) is 0 Å². The molecule has 7 heteroatoms. The predicted molar refractivity (Wildman–Crippen MR) is 76.2 cm³/mol. The lowest BCUT2D eigenvalue weighted by molar-refractivity contribution is -0.145. The van der Waals surface area contributed by atoms with Crippen LogP contribution in [-0.2, 0) is 11.3 Å².